The summed E-state index contributed by atoms with van der Waals surface area (Å²) in [6.07, 6.45) is 4.96. The number of aliphatic hydroxyl groups is 1. The normalized spacial score (nSPS) is 29.7. The van der Waals surface area contributed by atoms with Crippen LogP contribution in [0.5, 0.6) is 0 Å². The molecule has 1 saturated carbocycles. The molecular weight excluding hydrogens is 219 g/mol. The predicted molar refractivity (Wildman–Crippen MR) is 61.7 cm³/mol. The Morgan fingerprint density at radius 3 is 1.93 bits per heavy atom. The minimum Gasteiger partial charge on any atom is -0.389 e. The molecule has 1 unspecified atom stereocenters. The van der Waals surface area contributed by atoms with E-state index >= 15 is 0 Å². The Morgan fingerprint density at radius 1 is 1.36 bits per heavy atom. The largest absolute Gasteiger partial charge is 0.389 e. The molecule has 1 nitrogen and oxygen atoms in total. The molecule has 0 saturated heterocycles. The molecular formula is C11H16Cl2O. The van der Waals surface area contributed by atoms with Crippen LogP contribution in [0.15, 0.2) is 25.3 Å². The van der Waals surface area contributed by atoms with Gasteiger partial charge in [0.1, 0.15) is 4.33 Å². The Bertz CT molecular complexity index is 250. The highest BCUT2D eigenvalue weighted by molar-refractivity contribution is 6.51. The van der Waals surface area contributed by atoms with E-state index in [1.807, 2.05) is 6.92 Å². The first-order valence-electron chi connectivity index (χ1n) is 4.65. The lowest BCUT2D eigenvalue weighted by atomic mass is 9.80. The molecule has 80 valence electrons. The maximum Gasteiger partial charge on any atom is 0.127 e. The second-order valence-electron chi connectivity index (χ2n) is 4.23. The van der Waals surface area contributed by atoms with E-state index in [0.29, 0.717) is 19.3 Å². The first-order chi connectivity index (χ1) is 6.33. The van der Waals surface area contributed by atoms with Crippen LogP contribution in [0, 0.1) is 5.41 Å². The zero-order chi connectivity index (χ0) is 11.0. The lowest BCUT2D eigenvalue weighted by Gasteiger charge is -2.34. The lowest BCUT2D eigenvalue weighted by molar-refractivity contribution is -0.0210. The molecule has 14 heavy (non-hydrogen) atoms. The second-order valence-corrected chi connectivity index (χ2v) is 5.71. The fourth-order valence-electron chi connectivity index (χ4n) is 1.92. The standard InChI is InChI=1S/C11H16Cl2O/c1-4-6-10(14,7-5-2)9(3)8-11(9,12)13/h4-5,14H,1-2,6-8H2,3H3. The molecule has 0 aromatic carbocycles. The van der Waals surface area contributed by atoms with E-state index in [9.17, 15) is 5.11 Å². The SMILES string of the molecule is C=CCC(O)(CC=C)C1(C)CC1(Cl)Cl. The highest BCUT2D eigenvalue weighted by atomic mass is 35.5. The van der Waals surface area contributed by atoms with Gasteiger partial charge in [-0.05, 0) is 19.3 Å². The summed E-state index contributed by atoms with van der Waals surface area (Å²) in [6, 6.07) is 0. The third-order valence-corrected chi connectivity index (χ3v) is 4.35. The van der Waals surface area contributed by atoms with Gasteiger partial charge in [0.15, 0.2) is 0 Å². The van der Waals surface area contributed by atoms with E-state index in [1.165, 1.54) is 0 Å². The molecule has 1 rings (SSSR count). The highest BCUT2D eigenvalue weighted by Gasteiger charge is 2.71. The van der Waals surface area contributed by atoms with Crippen LogP contribution < -0.4 is 0 Å². The van der Waals surface area contributed by atoms with E-state index in [1.54, 1.807) is 12.2 Å². The minimum atomic E-state index is -0.917. The number of alkyl halides is 2. The van der Waals surface area contributed by atoms with Gasteiger partial charge in [-0.15, -0.1) is 36.4 Å². The van der Waals surface area contributed by atoms with Crippen molar-refractivity contribution in [3.63, 3.8) is 0 Å². The van der Waals surface area contributed by atoms with Crippen LogP contribution in [-0.4, -0.2) is 15.0 Å². The van der Waals surface area contributed by atoms with Gasteiger partial charge in [0.25, 0.3) is 0 Å². The van der Waals surface area contributed by atoms with Gasteiger partial charge < -0.3 is 5.11 Å². The minimum absolute atomic E-state index is 0.453. The highest BCUT2D eigenvalue weighted by Crippen LogP contribution is 2.70. The maximum absolute atomic E-state index is 10.4. The summed E-state index contributed by atoms with van der Waals surface area (Å²) < 4.78 is -0.812. The Hall–Kier alpha value is 0.0200. The molecule has 1 aliphatic carbocycles. The molecule has 1 atom stereocenters. The monoisotopic (exact) mass is 234 g/mol. The van der Waals surface area contributed by atoms with Crippen LogP contribution in [0.1, 0.15) is 26.2 Å². The van der Waals surface area contributed by atoms with Crippen molar-refractivity contribution in [2.45, 2.75) is 36.1 Å². The smallest absolute Gasteiger partial charge is 0.127 e. The molecule has 0 spiro atoms. The Labute approximate surface area is 95.4 Å². The molecule has 0 bridgehead atoms. The predicted octanol–water partition coefficient (Wildman–Crippen LogP) is 3.45. The number of hydrogen-bond acceptors (Lipinski definition) is 1. The van der Waals surface area contributed by atoms with Gasteiger partial charge in [-0.1, -0.05) is 19.1 Å². The molecule has 0 aliphatic heterocycles. The first-order valence-corrected chi connectivity index (χ1v) is 5.40. The summed E-state index contributed by atoms with van der Waals surface area (Å²) in [5.41, 5.74) is -1.37. The zero-order valence-electron chi connectivity index (χ0n) is 8.39. The Balaban J connectivity index is 2.89. The molecule has 1 fully saturated rings. The Kier molecular flexibility index (Phi) is 3.07. The summed E-state index contributed by atoms with van der Waals surface area (Å²) in [6.45, 7) is 9.18. The summed E-state index contributed by atoms with van der Waals surface area (Å²) >= 11 is 12.1. The molecule has 1 aliphatic rings. The number of hydrogen-bond donors (Lipinski definition) is 1. The zero-order valence-corrected chi connectivity index (χ0v) is 9.91. The third-order valence-electron chi connectivity index (χ3n) is 3.25. The summed E-state index contributed by atoms with van der Waals surface area (Å²) in [4.78, 5) is 0. The summed E-state index contributed by atoms with van der Waals surface area (Å²) in [7, 11) is 0. The first kappa shape index (κ1) is 12.1. The summed E-state index contributed by atoms with van der Waals surface area (Å²) in [5, 5.41) is 10.4. The van der Waals surface area contributed by atoms with E-state index < -0.39 is 15.3 Å². The molecule has 1 N–H and O–H groups in total. The van der Waals surface area contributed by atoms with Crippen LogP contribution in [0.2, 0.25) is 0 Å². The van der Waals surface area contributed by atoms with Crippen molar-refractivity contribution in [3.05, 3.63) is 25.3 Å². The second kappa shape index (κ2) is 3.55. The van der Waals surface area contributed by atoms with E-state index in [-0.39, 0.29) is 0 Å². The average molecular weight is 235 g/mol. The van der Waals surface area contributed by atoms with E-state index in [0.717, 1.165) is 0 Å². The van der Waals surface area contributed by atoms with Gasteiger partial charge in [-0.2, -0.15) is 0 Å². The van der Waals surface area contributed by atoms with Gasteiger partial charge in [-0.3, -0.25) is 0 Å². The molecule has 0 heterocycles. The van der Waals surface area contributed by atoms with Crippen molar-refractivity contribution < 1.29 is 5.11 Å². The molecule has 0 aromatic rings. The molecule has 0 aromatic heterocycles. The van der Waals surface area contributed by atoms with E-state index in [4.69, 9.17) is 23.2 Å². The number of rotatable bonds is 5. The van der Waals surface area contributed by atoms with Gasteiger partial charge in [0, 0.05) is 5.41 Å². The van der Waals surface area contributed by atoms with Crippen molar-refractivity contribution in [1.82, 2.24) is 0 Å². The average Bonchev–Trinajstić information content (AvgIpc) is 2.54. The van der Waals surface area contributed by atoms with Crippen molar-refractivity contribution in [2.75, 3.05) is 0 Å². The van der Waals surface area contributed by atoms with Crippen LogP contribution >= 0.6 is 23.2 Å². The fourth-order valence-corrected chi connectivity index (χ4v) is 2.80. The van der Waals surface area contributed by atoms with E-state index in [2.05, 4.69) is 13.2 Å². The lowest BCUT2D eigenvalue weighted by Crippen LogP contribution is -2.40. The van der Waals surface area contributed by atoms with Crippen molar-refractivity contribution in [3.8, 4) is 0 Å². The van der Waals surface area contributed by atoms with Crippen LogP contribution in [0.4, 0.5) is 0 Å². The number of halogens is 2. The van der Waals surface area contributed by atoms with Gasteiger partial charge >= 0.3 is 0 Å². The molecule has 3 heteroatoms. The van der Waals surface area contributed by atoms with Crippen LogP contribution in [-0.2, 0) is 0 Å². The van der Waals surface area contributed by atoms with Gasteiger partial charge in [-0.25, -0.2) is 0 Å². The maximum atomic E-state index is 10.4. The van der Waals surface area contributed by atoms with Crippen molar-refractivity contribution in [1.29, 1.82) is 0 Å². The fraction of sp³-hybridized carbons (Fsp3) is 0.636. The van der Waals surface area contributed by atoms with Gasteiger partial charge in [0.05, 0.1) is 5.60 Å². The van der Waals surface area contributed by atoms with Crippen molar-refractivity contribution >= 4 is 23.2 Å². The van der Waals surface area contributed by atoms with Crippen LogP contribution in [0.25, 0.3) is 0 Å². The third kappa shape index (κ3) is 1.62. The van der Waals surface area contributed by atoms with Crippen molar-refractivity contribution in [2.24, 2.45) is 5.41 Å². The summed E-state index contributed by atoms with van der Waals surface area (Å²) in [5.74, 6) is 0. The topological polar surface area (TPSA) is 20.2 Å². The Morgan fingerprint density at radius 2 is 1.71 bits per heavy atom. The quantitative estimate of drug-likeness (QED) is 0.571. The van der Waals surface area contributed by atoms with Crippen LogP contribution in [0.3, 0.4) is 0 Å². The molecule has 0 radical (unpaired) electrons. The van der Waals surface area contributed by atoms with Gasteiger partial charge in [0.2, 0.25) is 0 Å². The molecule has 0 amide bonds.